The normalized spacial score (nSPS) is 17.3. The zero-order chi connectivity index (χ0) is 20.5. The Bertz CT molecular complexity index is 824. The Balaban J connectivity index is -0.000000437. The van der Waals surface area contributed by atoms with Crippen LogP contribution in [0.5, 0.6) is 0 Å². The molecule has 0 aromatic heterocycles. The molecule has 4 heteroatoms. The van der Waals surface area contributed by atoms with E-state index >= 15 is 0 Å². The van der Waals surface area contributed by atoms with E-state index in [0.717, 1.165) is 0 Å². The molecule has 0 radical (unpaired) electrons. The van der Waals surface area contributed by atoms with E-state index in [0.29, 0.717) is 11.8 Å². The fraction of sp³-hybridized carbons (Fsp3) is 0.214. The molecule has 0 aliphatic heterocycles. The monoisotopic (exact) mass is 560 g/mol. The molecule has 174 valence electrons. The van der Waals surface area contributed by atoms with Gasteiger partial charge >= 0.3 is 30.2 Å². The third-order valence-electron chi connectivity index (χ3n) is 4.70. The first-order valence-electron chi connectivity index (χ1n) is 9.65. The zero-order valence-corrected chi connectivity index (χ0v) is 25.6. The van der Waals surface area contributed by atoms with E-state index in [9.17, 15) is 0 Å². The average molecular weight is 563 g/mol. The molecule has 0 amide bonds. The Hall–Kier alpha value is -0.920. The minimum absolute atomic E-state index is 0. The molecule has 0 nitrogen and oxygen atoms in total. The topological polar surface area (TPSA) is 0 Å². The van der Waals surface area contributed by atoms with Crippen molar-refractivity contribution in [2.75, 3.05) is 0 Å². The third-order valence-corrected chi connectivity index (χ3v) is 4.70. The van der Waals surface area contributed by atoms with Gasteiger partial charge in [-0.3, -0.25) is 12.2 Å². The van der Waals surface area contributed by atoms with Crippen LogP contribution in [-0.4, -0.2) is 6.88 Å². The predicted molar refractivity (Wildman–Crippen MR) is 148 cm³/mol. The van der Waals surface area contributed by atoms with Crippen molar-refractivity contribution < 1.29 is 23.3 Å². The SMILES string of the molecule is CC1=[C-]C(C)C=C1c1ccccc1.CC1=[C-]C(C)C=C1c1ccccc1.Cl.Cl.[CH3-].[CH3-].[SiH2]=[Zr]. The van der Waals surface area contributed by atoms with Gasteiger partial charge in [0.1, 0.15) is 0 Å². The summed E-state index contributed by atoms with van der Waals surface area (Å²) in [6, 6.07) is 21.0. The molecule has 0 saturated heterocycles. The van der Waals surface area contributed by atoms with Crippen LogP contribution in [0.15, 0.2) is 84.0 Å². The van der Waals surface area contributed by atoms with Crippen molar-refractivity contribution in [2.24, 2.45) is 11.8 Å². The fourth-order valence-electron chi connectivity index (χ4n) is 3.53. The Kier molecular flexibility index (Phi) is 20.6. The second kappa shape index (κ2) is 18.5. The quantitative estimate of drug-likeness (QED) is 0.259. The molecular formula is C28H36Cl2SiZr-4. The van der Waals surface area contributed by atoms with E-state index < -0.39 is 0 Å². The summed E-state index contributed by atoms with van der Waals surface area (Å²) in [5.74, 6) is 0.936. The van der Waals surface area contributed by atoms with Crippen molar-refractivity contribution in [2.45, 2.75) is 27.7 Å². The molecule has 32 heavy (non-hydrogen) atoms. The van der Waals surface area contributed by atoms with Crippen LogP contribution in [0, 0.1) is 38.8 Å². The first-order chi connectivity index (χ1) is 13.5. The van der Waals surface area contributed by atoms with Crippen molar-refractivity contribution in [1.29, 1.82) is 0 Å². The van der Waals surface area contributed by atoms with Gasteiger partial charge in [-0.25, -0.2) is 11.1 Å². The van der Waals surface area contributed by atoms with E-state index in [1.807, 2.05) is 19.0 Å². The van der Waals surface area contributed by atoms with Crippen LogP contribution < -0.4 is 0 Å². The molecule has 0 bridgehead atoms. The predicted octanol–water partition coefficient (Wildman–Crippen LogP) is 7.76. The van der Waals surface area contributed by atoms with Crippen molar-refractivity contribution in [1.82, 2.24) is 0 Å². The summed E-state index contributed by atoms with van der Waals surface area (Å²) < 4.78 is 0. The van der Waals surface area contributed by atoms with E-state index in [1.165, 1.54) is 33.4 Å². The summed E-state index contributed by atoms with van der Waals surface area (Å²) in [6.45, 7) is 10.5. The molecule has 2 atom stereocenters. The first kappa shape index (κ1) is 35.7. The Morgan fingerprint density at radius 3 is 1.12 bits per heavy atom. The molecule has 2 aromatic carbocycles. The van der Waals surface area contributed by atoms with Gasteiger partial charge in [-0.2, -0.15) is 23.3 Å². The molecule has 0 heterocycles. The third kappa shape index (κ3) is 10.3. The van der Waals surface area contributed by atoms with Gasteiger partial charge in [-0.05, 0) is 0 Å². The maximum atomic E-state index is 3.39. The minimum atomic E-state index is 0. The van der Waals surface area contributed by atoms with Crippen molar-refractivity contribution >= 4 is 42.8 Å². The number of halogens is 2. The summed E-state index contributed by atoms with van der Waals surface area (Å²) in [7, 11) is 0. The second-order valence-electron chi connectivity index (χ2n) is 7.01. The second-order valence-corrected chi connectivity index (χ2v) is 7.01. The van der Waals surface area contributed by atoms with E-state index in [2.05, 4.69) is 101 Å². The fourth-order valence-corrected chi connectivity index (χ4v) is 3.53. The molecule has 0 spiro atoms. The van der Waals surface area contributed by atoms with E-state index in [1.54, 1.807) is 23.3 Å². The standard InChI is InChI=1S/2C13H13.2CH3.2ClH.H2Si.Zr/c2*1-10-8-11(2)13(9-10)12-6-4-3-5-7-12;;;;;;/h2*3-7,9-10H,1-2H3;2*1H3;2*1H;1H2;/q4*-1;;;;. The van der Waals surface area contributed by atoms with Crippen LogP contribution in [0.4, 0.5) is 0 Å². The van der Waals surface area contributed by atoms with Crippen molar-refractivity contribution in [3.63, 3.8) is 0 Å². The number of hydrogen-bond donors (Lipinski definition) is 0. The van der Waals surface area contributed by atoms with Gasteiger partial charge in [0.2, 0.25) is 0 Å². The first-order valence-corrected chi connectivity index (χ1v) is 15.6. The Morgan fingerprint density at radius 1 is 0.625 bits per heavy atom. The van der Waals surface area contributed by atoms with Gasteiger partial charge in [-0.1, -0.05) is 100 Å². The van der Waals surface area contributed by atoms with Gasteiger partial charge in [0.15, 0.2) is 0 Å². The van der Waals surface area contributed by atoms with Crippen LogP contribution >= 0.6 is 24.8 Å². The molecule has 0 fully saturated rings. The summed E-state index contributed by atoms with van der Waals surface area (Å²) in [5.41, 5.74) is 7.84. The van der Waals surface area contributed by atoms with Crippen LogP contribution in [-0.2, 0) is 23.3 Å². The van der Waals surface area contributed by atoms with Crippen LogP contribution in [0.25, 0.3) is 11.1 Å². The Morgan fingerprint density at radius 2 is 0.906 bits per heavy atom. The molecule has 2 unspecified atom stereocenters. The molecule has 2 aromatic rings. The van der Waals surface area contributed by atoms with Gasteiger partial charge in [0.05, 0.1) is 0 Å². The van der Waals surface area contributed by atoms with E-state index in [4.69, 9.17) is 0 Å². The molecular weight excluding hydrogens is 527 g/mol. The molecule has 0 saturated carbocycles. The number of benzene rings is 2. The number of allylic oxidation sites excluding steroid dienone is 8. The summed E-state index contributed by atoms with van der Waals surface area (Å²) in [4.78, 5) is 0. The molecule has 4 rings (SSSR count). The average Bonchev–Trinajstić information content (AvgIpc) is 3.25. The molecule has 2 aliphatic carbocycles. The van der Waals surface area contributed by atoms with E-state index in [-0.39, 0.29) is 39.7 Å². The number of hydrogen-bond acceptors (Lipinski definition) is 0. The summed E-state index contributed by atoms with van der Waals surface area (Å²) in [6.07, 6.45) is 11.3. The van der Waals surface area contributed by atoms with Gasteiger partial charge < -0.3 is 14.9 Å². The van der Waals surface area contributed by atoms with Crippen LogP contribution in [0.1, 0.15) is 38.8 Å². The van der Waals surface area contributed by atoms with Crippen LogP contribution in [0.2, 0.25) is 0 Å². The van der Waals surface area contributed by atoms with Gasteiger partial charge in [0.25, 0.3) is 0 Å². The molecule has 2 aliphatic rings. The van der Waals surface area contributed by atoms with Crippen molar-refractivity contribution in [3.05, 3.63) is 122 Å². The van der Waals surface area contributed by atoms with Crippen molar-refractivity contribution in [3.8, 4) is 0 Å². The Labute approximate surface area is 226 Å². The van der Waals surface area contributed by atoms with Crippen LogP contribution in [0.3, 0.4) is 0 Å². The summed E-state index contributed by atoms with van der Waals surface area (Å²) >= 11 is 1.58. The maximum absolute atomic E-state index is 3.39. The summed E-state index contributed by atoms with van der Waals surface area (Å²) in [5, 5.41) is 0. The number of rotatable bonds is 2. The van der Waals surface area contributed by atoms with Gasteiger partial charge in [-0.15, -0.1) is 35.9 Å². The van der Waals surface area contributed by atoms with Gasteiger partial charge in [0, 0.05) is 0 Å². The zero-order valence-electron chi connectivity index (χ0n) is 20.1. The molecule has 0 N–H and O–H groups in total.